The third-order valence-electron chi connectivity index (χ3n) is 0.206. The molecule has 0 spiro atoms. The fourth-order valence-electron chi connectivity index (χ4n) is 0.0781. The molecule has 46 valence electrons. The van der Waals surface area contributed by atoms with E-state index in [9.17, 15) is 0 Å². The van der Waals surface area contributed by atoms with Crippen LogP contribution in [0.5, 0.6) is 0 Å². The molecule has 0 aromatic carbocycles. The lowest BCUT2D eigenvalue weighted by molar-refractivity contribution is 1.22. The maximum absolute atomic E-state index is 4.83. The summed E-state index contributed by atoms with van der Waals surface area (Å²) in [4.78, 5) is 0. The van der Waals surface area contributed by atoms with Crippen molar-refractivity contribution in [2.75, 3.05) is 0 Å². The highest BCUT2D eigenvalue weighted by molar-refractivity contribution is 7.78. The molecule has 0 aliphatic heterocycles. The first-order chi connectivity index (χ1) is 3.27. The average Bonchev–Trinajstić information content (AvgIpc) is 1.61. The number of isothiocyanates is 1. The molecule has 0 saturated carbocycles. The van der Waals surface area contributed by atoms with Gasteiger partial charge >= 0.3 is 0 Å². The summed E-state index contributed by atoms with van der Waals surface area (Å²) >= 11 is 4.14. The summed E-state index contributed by atoms with van der Waals surface area (Å²) in [5, 5.41) is 8.16. The first-order valence-corrected chi connectivity index (χ1v) is 1.84. The number of nitrogens with zero attached hydrogens (tertiary/aromatic N) is 2. The van der Waals surface area contributed by atoms with Crippen molar-refractivity contribution < 1.29 is 0 Å². The molecule has 0 saturated heterocycles. The van der Waals surface area contributed by atoms with Crippen LogP contribution < -0.4 is 11.5 Å². The number of hydrogen-bond donors (Lipinski definition) is 2. The zero-order valence-electron chi connectivity index (χ0n) is 3.87. The smallest absolute Gasteiger partial charge is 0.212 e. The minimum atomic E-state index is -0.114. The molecule has 6 heteroatoms. The third kappa shape index (κ3) is 9.03. The van der Waals surface area contributed by atoms with E-state index in [-0.39, 0.29) is 18.4 Å². The number of halogens is 1. The summed E-state index contributed by atoms with van der Waals surface area (Å²) in [5.41, 5.74) is 9.65. The number of thiocarbonyl (C=S) groups is 1. The molecular weight excluding hydrogens is 148 g/mol. The molecule has 0 unspecified atom stereocenters. The Morgan fingerprint density at radius 3 is 2.12 bits per heavy atom. The quantitative estimate of drug-likeness (QED) is 0.234. The van der Waals surface area contributed by atoms with Crippen LogP contribution in [0, 0.1) is 0 Å². The summed E-state index contributed by atoms with van der Waals surface area (Å²) in [6.45, 7) is 0. The zero-order valence-corrected chi connectivity index (χ0v) is 5.50. The highest BCUT2D eigenvalue weighted by Crippen LogP contribution is 1.60. The highest BCUT2D eigenvalue weighted by atomic mass is 35.5. The van der Waals surface area contributed by atoms with Gasteiger partial charge in [0.05, 0.1) is 5.16 Å². The standard InChI is InChI=1S/C2H4N4S.ClH/c3-2(4)6-5-1-7;/h(H4,3,4,6);1H. The van der Waals surface area contributed by atoms with E-state index in [1.807, 2.05) is 5.16 Å². The number of rotatable bonds is 1. The summed E-state index contributed by atoms with van der Waals surface area (Å²) < 4.78 is 0. The Labute approximate surface area is 58.1 Å². The number of guanidine groups is 1. The van der Waals surface area contributed by atoms with Crippen molar-refractivity contribution in [3.8, 4) is 0 Å². The molecule has 0 atom stereocenters. The van der Waals surface area contributed by atoms with Gasteiger partial charge in [0.1, 0.15) is 0 Å². The number of nitrogens with two attached hydrogens (primary N) is 2. The molecule has 8 heavy (non-hydrogen) atoms. The minimum absolute atomic E-state index is 0. The molecule has 0 fully saturated rings. The van der Waals surface area contributed by atoms with E-state index in [0.29, 0.717) is 0 Å². The second-order valence-corrected chi connectivity index (χ2v) is 0.899. The summed E-state index contributed by atoms with van der Waals surface area (Å²) in [6.07, 6.45) is 0. The molecule has 4 nitrogen and oxygen atoms in total. The fourth-order valence-corrected chi connectivity index (χ4v) is 0.119. The second-order valence-electron chi connectivity index (χ2n) is 0.716. The Hall–Kier alpha value is -0.640. The van der Waals surface area contributed by atoms with Crippen LogP contribution in [0.4, 0.5) is 0 Å². The van der Waals surface area contributed by atoms with Gasteiger partial charge in [0.25, 0.3) is 0 Å². The Morgan fingerprint density at radius 2 is 2.00 bits per heavy atom. The molecular formula is C2H5ClN4S. The van der Waals surface area contributed by atoms with Gasteiger partial charge in [-0.25, -0.2) is 0 Å². The van der Waals surface area contributed by atoms with Crippen molar-refractivity contribution in [2.45, 2.75) is 0 Å². The summed E-state index contributed by atoms with van der Waals surface area (Å²) in [5.74, 6) is -0.114. The van der Waals surface area contributed by atoms with Gasteiger partial charge in [-0.1, -0.05) is 5.10 Å². The SMILES string of the molecule is Cl.NC(N)=NN=C=S. The van der Waals surface area contributed by atoms with Crippen molar-refractivity contribution in [1.82, 2.24) is 0 Å². The van der Waals surface area contributed by atoms with Crippen molar-refractivity contribution in [1.29, 1.82) is 0 Å². The van der Waals surface area contributed by atoms with Crippen LogP contribution in [-0.2, 0) is 0 Å². The average molecular weight is 153 g/mol. The molecule has 0 aromatic heterocycles. The predicted octanol–water partition coefficient (Wildman–Crippen LogP) is -0.301. The molecule has 0 aliphatic carbocycles. The van der Waals surface area contributed by atoms with Gasteiger partial charge in [0.2, 0.25) is 5.96 Å². The summed E-state index contributed by atoms with van der Waals surface area (Å²) in [6, 6.07) is 0. The molecule has 4 N–H and O–H groups in total. The van der Waals surface area contributed by atoms with E-state index in [1.54, 1.807) is 0 Å². The zero-order chi connectivity index (χ0) is 5.70. The topological polar surface area (TPSA) is 76.8 Å². The predicted molar refractivity (Wildman–Crippen MR) is 38.1 cm³/mol. The van der Waals surface area contributed by atoms with Gasteiger partial charge in [0, 0.05) is 0 Å². The molecule has 0 amide bonds. The Morgan fingerprint density at radius 1 is 1.50 bits per heavy atom. The maximum atomic E-state index is 4.83. The third-order valence-corrected chi connectivity index (χ3v) is 0.288. The van der Waals surface area contributed by atoms with Crippen molar-refractivity contribution >= 4 is 35.7 Å². The fraction of sp³-hybridized carbons (Fsp3) is 0. The van der Waals surface area contributed by atoms with Crippen LogP contribution in [0.25, 0.3) is 0 Å². The van der Waals surface area contributed by atoms with E-state index in [0.717, 1.165) is 0 Å². The van der Waals surface area contributed by atoms with Crippen molar-refractivity contribution in [3.63, 3.8) is 0 Å². The highest BCUT2D eigenvalue weighted by Gasteiger charge is 1.67. The van der Waals surface area contributed by atoms with Crippen LogP contribution >= 0.6 is 24.6 Å². The van der Waals surface area contributed by atoms with Gasteiger partial charge < -0.3 is 11.5 Å². The van der Waals surface area contributed by atoms with Crippen LogP contribution in [0.1, 0.15) is 0 Å². The van der Waals surface area contributed by atoms with E-state index >= 15 is 0 Å². The lowest BCUT2D eigenvalue weighted by atomic mass is 11.1. The minimum Gasteiger partial charge on any atom is -0.369 e. The van der Waals surface area contributed by atoms with E-state index in [4.69, 9.17) is 11.5 Å². The van der Waals surface area contributed by atoms with Crippen LogP contribution in [0.2, 0.25) is 0 Å². The van der Waals surface area contributed by atoms with Gasteiger partial charge in [-0.05, 0) is 12.2 Å². The normalized spacial score (nSPS) is 5.50. The lowest BCUT2D eigenvalue weighted by Crippen LogP contribution is -2.21. The molecule has 0 heterocycles. The molecule has 0 aliphatic rings. The first kappa shape index (κ1) is 10.4. The van der Waals surface area contributed by atoms with E-state index in [2.05, 4.69) is 22.4 Å². The van der Waals surface area contributed by atoms with Gasteiger partial charge in [0.15, 0.2) is 0 Å². The Bertz CT molecular complexity index is 122. The number of hydrogen-bond acceptors (Lipinski definition) is 3. The Kier molecular flexibility index (Phi) is 8.24. The van der Waals surface area contributed by atoms with E-state index < -0.39 is 0 Å². The van der Waals surface area contributed by atoms with Crippen LogP contribution in [0.15, 0.2) is 10.2 Å². The molecule has 0 aromatic rings. The van der Waals surface area contributed by atoms with Gasteiger partial charge in [-0.3, -0.25) is 0 Å². The second kappa shape index (κ2) is 6.36. The molecule has 0 bridgehead atoms. The largest absolute Gasteiger partial charge is 0.369 e. The van der Waals surface area contributed by atoms with Crippen LogP contribution in [0.3, 0.4) is 0 Å². The van der Waals surface area contributed by atoms with Gasteiger partial charge in [-0.15, -0.1) is 17.5 Å². The maximum Gasteiger partial charge on any atom is 0.212 e. The summed E-state index contributed by atoms with van der Waals surface area (Å²) in [7, 11) is 0. The van der Waals surface area contributed by atoms with E-state index in [1.165, 1.54) is 0 Å². The van der Waals surface area contributed by atoms with Crippen LogP contribution in [-0.4, -0.2) is 11.1 Å². The Balaban J connectivity index is 0. The molecule has 0 radical (unpaired) electrons. The lowest BCUT2D eigenvalue weighted by Gasteiger charge is -1.76. The van der Waals surface area contributed by atoms with Gasteiger partial charge in [-0.2, -0.15) is 0 Å². The van der Waals surface area contributed by atoms with Crippen molar-refractivity contribution in [2.24, 2.45) is 21.7 Å². The van der Waals surface area contributed by atoms with Crippen molar-refractivity contribution in [3.05, 3.63) is 0 Å². The molecule has 0 rings (SSSR count). The monoisotopic (exact) mass is 152 g/mol. The first-order valence-electron chi connectivity index (χ1n) is 1.43.